The van der Waals surface area contributed by atoms with Gasteiger partial charge in [0.25, 0.3) is 5.56 Å². The number of fused-ring (bicyclic) bond motifs is 2. The molecule has 9 rings (SSSR count). The smallest absolute Gasteiger partial charge is 0.252 e. The van der Waals surface area contributed by atoms with Crippen LogP contribution in [0.1, 0.15) is 74.5 Å². The Hall–Kier alpha value is -4.63. The molecule has 1 saturated carbocycles. The van der Waals surface area contributed by atoms with Crippen LogP contribution in [0.5, 0.6) is 0 Å². The van der Waals surface area contributed by atoms with Gasteiger partial charge in [-0.3, -0.25) is 24.3 Å². The molecule has 288 valence electrons. The van der Waals surface area contributed by atoms with Crippen molar-refractivity contribution in [3.05, 3.63) is 94.6 Å². The summed E-state index contributed by atoms with van der Waals surface area (Å²) in [5.41, 5.74) is 4.17. The Balaban J connectivity index is 0.802. The molecule has 1 aliphatic carbocycles. The highest BCUT2D eigenvalue weighted by molar-refractivity contribution is 7.89. The minimum absolute atomic E-state index is 0.0236. The van der Waals surface area contributed by atoms with Crippen LogP contribution in [0.2, 0.25) is 0 Å². The average Bonchev–Trinajstić information content (AvgIpc) is 3.87. The van der Waals surface area contributed by atoms with E-state index in [9.17, 15) is 13.2 Å². The summed E-state index contributed by atoms with van der Waals surface area (Å²) in [7, 11) is -1.62. The van der Waals surface area contributed by atoms with Crippen molar-refractivity contribution in [1.82, 2.24) is 38.8 Å². The lowest BCUT2D eigenvalue weighted by molar-refractivity contribution is 0.204. The van der Waals surface area contributed by atoms with Crippen molar-refractivity contribution >= 4 is 43.7 Å². The molecule has 0 radical (unpaired) electrons. The van der Waals surface area contributed by atoms with Gasteiger partial charge in [-0.15, -0.1) is 0 Å². The predicted octanol–water partition coefficient (Wildman–Crippen LogP) is 5.32. The van der Waals surface area contributed by atoms with E-state index in [4.69, 9.17) is 10.1 Å². The maximum absolute atomic E-state index is 13.9. The first kappa shape index (κ1) is 36.0. The van der Waals surface area contributed by atoms with Crippen molar-refractivity contribution in [3.63, 3.8) is 0 Å². The van der Waals surface area contributed by atoms with Gasteiger partial charge in [0.2, 0.25) is 16.0 Å². The van der Waals surface area contributed by atoms with Gasteiger partial charge in [0.05, 0.1) is 17.1 Å². The quantitative estimate of drug-likeness (QED) is 0.203. The number of nitrogens with zero attached hydrogens (tertiary/aromatic N) is 8. The molecule has 3 aromatic heterocycles. The van der Waals surface area contributed by atoms with Crippen LogP contribution in [0.4, 0.5) is 11.8 Å². The van der Waals surface area contributed by atoms with Gasteiger partial charge in [-0.1, -0.05) is 37.1 Å². The second kappa shape index (κ2) is 15.1. The zero-order valence-electron chi connectivity index (χ0n) is 31.5. The van der Waals surface area contributed by atoms with Crippen LogP contribution in [0.25, 0.3) is 21.9 Å². The number of aromatic nitrogens is 5. The van der Waals surface area contributed by atoms with Crippen LogP contribution in [0, 0.1) is 0 Å². The fraction of sp³-hybridized carbons (Fsp3) is 0.463. The minimum atomic E-state index is -3.64. The molecule has 13 nitrogen and oxygen atoms in total. The summed E-state index contributed by atoms with van der Waals surface area (Å²) in [6, 6.07) is 17.9. The molecule has 0 atom stereocenters. The summed E-state index contributed by atoms with van der Waals surface area (Å²) in [5, 5.41) is 13.7. The number of piperidine rings is 2. The summed E-state index contributed by atoms with van der Waals surface area (Å²) in [6.07, 6.45) is 13.6. The largest absolute Gasteiger partial charge is 0.351 e. The van der Waals surface area contributed by atoms with E-state index in [2.05, 4.69) is 55.9 Å². The van der Waals surface area contributed by atoms with Crippen molar-refractivity contribution in [2.75, 3.05) is 49.6 Å². The number of aryl methyl sites for hydroxylation is 1. The van der Waals surface area contributed by atoms with Crippen LogP contribution in [-0.2, 0) is 23.6 Å². The number of likely N-dealkylation sites (tertiary alicyclic amines) is 1. The molecule has 0 unspecified atom stereocenters. The van der Waals surface area contributed by atoms with Gasteiger partial charge in [0, 0.05) is 74.5 Å². The third-order valence-electron chi connectivity index (χ3n) is 12.1. The number of benzene rings is 2. The van der Waals surface area contributed by atoms with E-state index in [1.807, 2.05) is 34.5 Å². The van der Waals surface area contributed by atoms with Crippen molar-refractivity contribution < 1.29 is 8.42 Å². The van der Waals surface area contributed by atoms with Gasteiger partial charge in [0.1, 0.15) is 5.65 Å². The van der Waals surface area contributed by atoms with E-state index in [0.717, 1.165) is 99.0 Å². The molecule has 2 N–H and O–H groups in total. The van der Waals surface area contributed by atoms with Gasteiger partial charge < -0.3 is 10.2 Å². The number of anilines is 2. The Morgan fingerprint density at radius 3 is 2.53 bits per heavy atom. The van der Waals surface area contributed by atoms with Crippen LogP contribution in [0.15, 0.2) is 82.8 Å². The Morgan fingerprint density at radius 1 is 0.927 bits per heavy atom. The molecule has 4 aliphatic rings. The van der Waals surface area contributed by atoms with Crippen LogP contribution in [0.3, 0.4) is 0 Å². The first-order valence-electron chi connectivity index (χ1n) is 19.9. The molecule has 3 fully saturated rings. The minimum Gasteiger partial charge on any atom is -0.351 e. The summed E-state index contributed by atoms with van der Waals surface area (Å²) in [6.45, 7) is 5.10. The molecule has 55 heavy (non-hydrogen) atoms. The molecule has 0 amide bonds. The van der Waals surface area contributed by atoms with Crippen molar-refractivity contribution in [3.8, 4) is 0 Å². The monoisotopic (exact) mass is 762 g/mol. The van der Waals surface area contributed by atoms with Gasteiger partial charge in [-0.25, -0.2) is 13.4 Å². The van der Waals surface area contributed by atoms with Gasteiger partial charge >= 0.3 is 0 Å². The number of pyridine rings is 1. The fourth-order valence-electron chi connectivity index (χ4n) is 9.05. The standard InChI is InChI=1S/C41H50N10O3S/c1-47-37-25-31(10-12-36(37)40(46-47)49-19-5-18-42-28-49)30-14-20-48(21-15-30)27-29-6-4-9-35(24-29)55(53,54)50-22-16-33(17-23-50)44-41-43-26-32-11-13-38(52)51(39(32)45-41)34-7-2-3-8-34/h4-6,9-13,19,24-26,30,33-34,42H,2-3,7-8,14-18,20-23,27-28H2,1H3,(H,43,44,45). The highest BCUT2D eigenvalue weighted by Crippen LogP contribution is 2.34. The van der Waals surface area contributed by atoms with E-state index in [1.165, 1.54) is 5.56 Å². The van der Waals surface area contributed by atoms with Gasteiger partial charge in [-0.2, -0.15) is 14.4 Å². The van der Waals surface area contributed by atoms with E-state index < -0.39 is 10.0 Å². The first-order chi connectivity index (χ1) is 26.8. The van der Waals surface area contributed by atoms with E-state index in [0.29, 0.717) is 48.3 Å². The number of hydrogen-bond donors (Lipinski definition) is 2. The molecular weight excluding hydrogens is 713 g/mol. The van der Waals surface area contributed by atoms with Crippen LogP contribution in [-0.4, -0.2) is 87.4 Å². The highest BCUT2D eigenvalue weighted by Gasteiger charge is 2.31. The summed E-state index contributed by atoms with van der Waals surface area (Å²) in [4.78, 5) is 27.1. The van der Waals surface area contributed by atoms with Crippen LogP contribution < -0.4 is 21.1 Å². The zero-order valence-corrected chi connectivity index (χ0v) is 32.3. The fourth-order valence-corrected chi connectivity index (χ4v) is 10.6. The average molecular weight is 763 g/mol. The summed E-state index contributed by atoms with van der Waals surface area (Å²) < 4.78 is 33.2. The van der Waals surface area contributed by atoms with Gasteiger partial charge in [0.15, 0.2) is 5.82 Å². The molecule has 2 saturated heterocycles. The van der Waals surface area contributed by atoms with Crippen molar-refractivity contribution in [2.45, 2.75) is 80.8 Å². The highest BCUT2D eigenvalue weighted by atomic mass is 32.2. The molecule has 14 heteroatoms. The molecule has 5 aromatic rings. The van der Waals surface area contributed by atoms with Crippen LogP contribution >= 0.6 is 0 Å². The summed E-state index contributed by atoms with van der Waals surface area (Å²) >= 11 is 0. The number of hydrogen-bond acceptors (Lipinski definition) is 10. The number of sulfonamides is 1. The second-order valence-electron chi connectivity index (χ2n) is 15.7. The SMILES string of the molecule is Cn1nc(N2C=CCNC2)c2ccc(C3CCN(Cc4cccc(S(=O)(=O)N5CCC(Nc6ncc7ccc(=O)n(C8CCCC8)c7n6)CC5)c4)CC3)cc21. The maximum atomic E-state index is 13.9. The number of rotatable bonds is 9. The molecule has 6 heterocycles. The predicted molar refractivity (Wildman–Crippen MR) is 216 cm³/mol. The Kier molecular flexibility index (Phi) is 9.91. The molecule has 2 aromatic carbocycles. The lowest BCUT2D eigenvalue weighted by Gasteiger charge is -2.33. The third-order valence-corrected chi connectivity index (χ3v) is 14.0. The van der Waals surface area contributed by atoms with Crippen molar-refractivity contribution in [2.24, 2.45) is 7.05 Å². The second-order valence-corrected chi connectivity index (χ2v) is 17.6. The lowest BCUT2D eigenvalue weighted by atomic mass is 9.89. The van der Waals surface area contributed by atoms with E-state index in [-0.39, 0.29) is 17.6 Å². The third kappa shape index (κ3) is 7.28. The Labute approximate surface area is 322 Å². The normalized spacial score (nSPS) is 19.9. The van der Waals surface area contributed by atoms with E-state index >= 15 is 0 Å². The number of nitrogens with one attached hydrogen (secondary N) is 2. The molecule has 0 bridgehead atoms. The summed E-state index contributed by atoms with van der Waals surface area (Å²) in [5.74, 6) is 1.94. The Bertz CT molecular complexity index is 2390. The van der Waals surface area contributed by atoms with Crippen molar-refractivity contribution in [1.29, 1.82) is 0 Å². The molecular formula is C41H50N10O3S. The topological polar surface area (TPSA) is 134 Å². The molecule has 0 spiro atoms. The van der Waals surface area contributed by atoms with E-state index in [1.54, 1.807) is 28.7 Å². The van der Waals surface area contributed by atoms with Gasteiger partial charge in [-0.05, 0) is 99.0 Å². The maximum Gasteiger partial charge on any atom is 0.252 e. The first-order valence-corrected chi connectivity index (χ1v) is 21.3. The Morgan fingerprint density at radius 2 is 1.75 bits per heavy atom. The molecule has 3 aliphatic heterocycles. The lowest BCUT2D eigenvalue weighted by Crippen LogP contribution is -2.42. The zero-order chi connectivity index (χ0) is 37.5.